The molecule has 186 valence electrons. The van der Waals surface area contributed by atoms with Crippen molar-refractivity contribution in [2.75, 3.05) is 11.4 Å². The molecule has 1 amide bonds. The largest absolute Gasteiger partial charge is 0.282 e. The molecule has 5 rings (SSSR count). The van der Waals surface area contributed by atoms with Crippen LogP contribution in [0, 0.1) is 17.5 Å². The quantitative estimate of drug-likeness (QED) is 0.347. The van der Waals surface area contributed by atoms with Crippen molar-refractivity contribution in [3.8, 4) is 0 Å². The Morgan fingerprint density at radius 3 is 2.47 bits per heavy atom. The molecule has 2 heterocycles. The third-order valence-corrected chi connectivity index (χ3v) is 8.94. The summed E-state index contributed by atoms with van der Waals surface area (Å²) >= 11 is 0.951. The van der Waals surface area contributed by atoms with Crippen molar-refractivity contribution in [3.63, 3.8) is 0 Å². The number of aromatic nitrogens is 1. The molecule has 0 radical (unpaired) electrons. The topological polar surface area (TPSA) is 70.6 Å². The van der Waals surface area contributed by atoms with Crippen molar-refractivity contribution in [1.29, 1.82) is 0 Å². The van der Waals surface area contributed by atoms with Gasteiger partial charge in [0, 0.05) is 12.6 Å². The number of rotatable bonds is 6. The number of fused-ring (bicyclic) bond motifs is 1. The van der Waals surface area contributed by atoms with Gasteiger partial charge in [-0.25, -0.2) is 26.6 Å². The fourth-order valence-electron chi connectivity index (χ4n) is 4.26. The van der Waals surface area contributed by atoms with Crippen LogP contribution in [0.4, 0.5) is 18.3 Å². The van der Waals surface area contributed by atoms with Crippen LogP contribution in [0.3, 0.4) is 0 Å². The van der Waals surface area contributed by atoms with Gasteiger partial charge in [-0.05, 0) is 48.7 Å². The summed E-state index contributed by atoms with van der Waals surface area (Å²) in [6.45, 7) is 0.180. The van der Waals surface area contributed by atoms with Gasteiger partial charge < -0.3 is 0 Å². The highest BCUT2D eigenvalue weighted by Gasteiger charge is 2.42. The van der Waals surface area contributed by atoms with Crippen LogP contribution in [0.1, 0.15) is 18.4 Å². The van der Waals surface area contributed by atoms with Crippen molar-refractivity contribution in [3.05, 3.63) is 89.7 Å². The van der Waals surface area contributed by atoms with Gasteiger partial charge in [-0.2, -0.15) is 4.31 Å². The number of sulfonamides is 1. The summed E-state index contributed by atoms with van der Waals surface area (Å²) in [6.07, 6.45) is 0.730. The number of hydrogen-bond acceptors (Lipinski definition) is 5. The predicted molar refractivity (Wildman–Crippen MR) is 130 cm³/mol. The van der Waals surface area contributed by atoms with E-state index in [0.29, 0.717) is 6.42 Å². The number of anilines is 1. The van der Waals surface area contributed by atoms with Gasteiger partial charge >= 0.3 is 0 Å². The second kappa shape index (κ2) is 9.64. The molecule has 0 aliphatic carbocycles. The highest BCUT2D eigenvalue weighted by molar-refractivity contribution is 7.89. The van der Waals surface area contributed by atoms with E-state index in [-0.39, 0.29) is 39.8 Å². The third kappa shape index (κ3) is 4.61. The molecular weight excluding hydrogens is 511 g/mol. The highest BCUT2D eigenvalue weighted by atomic mass is 32.2. The van der Waals surface area contributed by atoms with Crippen molar-refractivity contribution in [1.82, 2.24) is 9.29 Å². The van der Waals surface area contributed by atoms with Crippen LogP contribution < -0.4 is 4.90 Å². The third-order valence-electron chi connectivity index (χ3n) is 5.99. The van der Waals surface area contributed by atoms with E-state index in [9.17, 15) is 26.4 Å². The van der Waals surface area contributed by atoms with E-state index in [0.717, 1.165) is 57.6 Å². The van der Waals surface area contributed by atoms with Gasteiger partial charge in [0.05, 0.1) is 16.1 Å². The Kier molecular flexibility index (Phi) is 6.54. The number of thiazole rings is 1. The summed E-state index contributed by atoms with van der Waals surface area (Å²) in [4.78, 5) is 19.4. The number of halogens is 3. The van der Waals surface area contributed by atoms with Crippen LogP contribution in [0.15, 0.2) is 71.6 Å². The zero-order valence-electron chi connectivity index (χ0n) is 18.8. The Labute approximate surface area is 209 Å². The van der Waals surface area contributed by atoms with Crippen LogP contribution in [-0.4, -0.2) is 36.2 Å². The van der Waals surface area contributed by atoms with Gasteiger partial charge in [-0.3, -0.25) is 9.69 Å². The summed E-state index contributed by atoms with van der Waals surface area (Å²) in [5.74, 6) is -2.71. The lowest BCUT2D eigenvalue weighted by molar-refractivity contribution is -0.121. The molecule has 0 saturated carbocycles. The van der Waals surface area contributed by atoms with Crippen LogP contribution in [0.5, 0.6) is 0 Å². The minimum absolute atomic E-state index is 0.0601. The fourth-order valence-corrected chi connectivity index (χ4v) is 6.92. The van der Waals surface area contributed by atoms with Crippen molar-refractivity contribution in [2.45, 2.75) is 30.3 Å². The first-order chi connectivity index (χ1) is 17.2. The molecule has 1 fully saturated rings. The molecule has 0 bridgehead atoms. The normalized spacial score (nSPS) is 16.5. The van der Waals surface area contributed by atoms with E-state index < -0.39 is 39.4 Å². The molecule has 1 unspecified atom stereocenters. The Bertz CT molecular complexity index is 1530. The average Bonchev–Trinajstić information content (AvgIpc) is 3.51. The average molecular weight is 532 g/mol. The molecule has 6 nitrogen and oxygen atoms in total. The minimum Gasteiger partial charge on any atom is -0.282 e. The number of benzene rings is 3. The van der Waals surface area contributed by atoms with Crippen molar-refractivity contribution in [2.24, 2.45) is 0 Å². The first-order valence-corrected chi connectivity index (χ1v) is 13.4. The summed E-state index contributed by atoms with van der Waals surface area (Å²) in [7, 11) is -4.08. The molecule has 1 saturated heterocycles. The van der Waals surface area contributed by atoms with E-state index >= 15 is 0 Å². The summed E-state index contributed by atoms with van der Waals surface area (Å²) in [5, 5.41) is 0.134. The van der Waals surface area contributed by atoms with Gasteiger partial charge in [0.15, 0.2) is 10.9 Å². The van der Waals surface area contributed by atoms with E-state index in [1.807, 2.05) is 6.07 Å². The lowest BCUT2D eigenvalue weighted by atomic mass is 10.1. The van der Waals surface area contributed by atoms with Crippen LogP contribution in [0.25, 0.3) is 10.2 Å². The van der Waals surface area contributed by atoms with Crippen molar-refractivity contribution < 1.29 is 26.4 Å². The molecule has 1 atom stereocenters. The zero-order valence-corrected chi connectivity index (χ0v) is 20.4. The van der Waals surface area contributed by atoms with E-state index in [2.05, 4.69) is 4.98 Å². The highest BCUT2D eigenvalue weighted by Crippen LogP contribution is 2.35. The number of amides is 1. The van der Waals surface area contributed by atoms with Gasteiger partial charge in [0.25, 0.3) is 0 Å². The molecule has 1 aromatic heterocycles. The van der Waals surface area contributed by atoms with E-state index in [1.54, 1.807) is 24.3 Å². The number of hydrogen-bond donors (Lipinski definition) is 0. The number of nitrogens with zero attached hydrogens (tertiary/aromatic N) is 3. The summed E-state index contributed by atoms with van der Waals surface area (Å²) in [5.41, 5.74) is 0.687. The predicted octanol–water partition coefficient (Wildman–Crippen LogP) is 5.10. The molecular formula is C25H20F3N3O3S2. The molecule has 0 N–H and O–H groups in total. The summed E-state index contributed by atoms with van der Waals surface area (Å²) in [6, 6.07) is 14.3. The Morgan fingerprint density at radius 2 is 1.75 bits per heavy atom. The monoisotopic (exact) mass is 531 g/mol. The van der Waals surface area contributed by atoms with E-state index in [1.165, 1.54) is 4.90 Å². The van der Waals surface area contributed by atoms with E-state index in [4.69, 9.17) is 0 Å². The molecule has 11 heteroatoms. The Hall–Kier alpha value is -3.28. The Morgan fingerprint density at radius 1 is 1.03 bits per heavy atom. The number of carbonyl (C=O) groups is 1. The van der Waals surface area contributed by atoms with Crippen LogP contribution >= 0.6 is 11.3 Å². The number of carbonyl (C=O) groups excluding carboxylic acids is 1. The molecule has 0 spiro atoms. The van der Waals surface area contributed by atoms with Gasteiger partial charge in [0.1, 0.15) is 23.2 Å². The zero-order chi connectivity index (χ0) is 25.4. The van der Waals surface area contributed by atoms with Gasteiger partial charge in [-0.1, -0.05) is 41.7 Å². The molecule has 1 aliphatic rings. The first kappa shape index (κ1) is 24.4. The fraction of sp³-hybridized carbons (Fsp3) is 0.200. The maximum atomic E-state index is 14.4. The van der Waals surface area contributed by atoms with Crippen LogP contribution in [0.2, 0.25) is 0 Å². The second-order valence-corrected chi connectivity index (χ2v) is 11.3. The lowest BCUT2D eigenvalue weighted by Crippen LogP contribution is -2.47. The first-order valence-electron chi connectivity index (χ1n) is 11.1. The second-order valence-electron chi connectivity index (χ2n) is 8.37. The molecule has 3 aromatic carbocycles. The minimum atomic E-state index is -4.08. The maximum Gasteiger partial charge on any atom is 0.247 e. The SMILES string of the molecule is O=C(C1CCCN1S(=O)(=O)c1ccc(F)cc1)N(Cc1ccccc1)c1nc2c(F)cc(F)cc2s1. The smallest absolute Gasteiger partial charge is 0.247 e. The van der Waals surface area contributed by atoms with Gasteiger partial charge in [0.2, 0.25) is 15.9 Å². The van der Waals surface area contributed by atoms with Crippen molar-refractivity contribution >= 4 is 42.6 Å². The molecule has 36 heavy (non-hydrogen) atoms. The Balaban J connectivity index is 1.54. The van der Waals surface area contributed by atoms with Gasteiger partial charge in [-0.15, -0.1) is 0 Å². The molecule has 1 aliphatic heterocycles. The maximum absolute atomic E-state index is 14.4. The lowest BCUT2D eigenvalue weighted by Gasteiger charge is -2.28. The van der Waals surface area contributed by atoms with Crippen LogP contribution in [-0.2, 0) is 21.4 Å². The summed E-state index contributed by atoms with van der Waals surface area (Å²) < 4.78 is 69.5. The standard InChI is InChI=1S/C25H20F3N3O3S2/c26-17-8-10-19(11-9-17)36(33,34)31-12-4-7-21(31)24(32)30(15-16-5-2-1-3-6-16)25-29-23-20(28)13-18(27)14-22(23)35-25/h1-3,5-6,8-11,13-14,21H,4,7,12,15H2. The molecule has 4 aromatic rings.